The largest absolute Gasteiger partial charge is 0.494 e. The van der Waals surface area contributed by atoms with Crippen molar-refractivity contribution in [3.63, 3.8) is 0 Å². The monoisotopic (exact) mass is 263 g/mol. The van der Waals surface area contributed by atoms with Crippen LogP contribution in [-0.4, -0.2) is 26.4 Å². The third-order valence-corrected chi connectivity index (χ3v) is 3.44. The fraction of sp³-hybridized carbons (Fsp3) is 0.625. The molecule has 1 N–H and O–H groups in total. The van der Waals surface area contributed by atoms with Crippen molar-refractivity contribution >= 4 is 0 Å². The van der Waals surface area contributed by atoms with Gasteiger partial charge in [-0.3, -0.25) is 0 Å². The highest BCUT2D eigenvalue weighted by Gasteiger charge is 2.20. The van der Waals surface area contributed by atoms with Crippen LogP contribution in [0.25, 0.3) is 0 Å². The first kappa shape index (κ1) is 14.4. The minimum absolute atomic E-state index is 0.347. The van der Waals surface area contributed by atoms with Crippen LogP contribution in [0.2, 0.25) is 0 Å². The van der Waals surface area contributed by atoms with Crippen molar-refractivity contribution < 1.29 is 9.47 Å². The highest BCUT2D eigenvalue weighted by atomic mass is 16.5. The zero-order valence-electron chi connectivity index (χ0n) is 12.0. The van der Waals surface area contributed by atoms with Gasteiger partial charge in [0.05, 0.1) is 13.2 Å². The zero-order valence-corrected chi connectivity index (χ0v) is 12.0. The van der Waals surface area contributed by atoms with E-state index in [-0.39, 0.29) is 0 Å². The molecular formula is C16H25NO2. The first-order valence-electron chi connectivity index (χ1n) is 7.33. The summed E-state index contributed by atoms with van der Waals surface area (Å²) in [6, 6.07) is 8.64. The fourth-order valence-electron chi connectivity index (χ4n) is 2.02. The van der Waals surface area contributed by atoms with Crippen LogP contribution in [0.5, 0.6) is 5.75 Å². The summed E-state index contributed by atoms with van der Waals surface area (Å²) in [5.41, 5.74) is 1.28. The Morgan fingerprint density at radius 3 is 2.63 bits per heavy atom. The predicted molar refractivity (Wildman–Crippen MR) is 77.6 cm³/mol. The van der Waals surface area contributed by atoms with Crippen LogP contribution >= 0.6 is 0 Å². The van der Waals surface area contributed by atoms with Gasteiger partial charge in [-0.15, -0.1) is 0 Å². The molecule has 3 heteroatoms. The molecule has 0 amide bonds. The van der Waals surface area contributed by atoms with Gasteiger partial charge in [-0.1, -0.05) is 12.1 Å². The molecule has 0 aliphatic heterocycles. The van der Waals surface area contributed by atoms with Gasteiger partial charge in [0.25, 0.3) is 0 Å². The summed E-state index contributed by atoms with van der Waals surface area (Å²) in [4.78, 5) is 0. The van der Waals surface area contributed by atoms with Crippen LogP contribution in [0, 0.1) is 5.92 Å². The Morgan fingerprint density at radius 1 is 1.26 bits per heavy atom. The molecule has 0 spiro atoms. The molecular weight excluding hydrogens is 238 g/mol. The summed E-state index contributed by atoms with van der Waals surface area (Å²) in [6.45, 7) is 7.54. The van der Waals surface area contributed by atoms with Crippen molar-refractivity contribution in [2.75, 3.05) is 26.4 Å². The Kier molecular flexibility index (Phi) is 5.67. The lowest BCUT2D eigenvalue weighted by Gasteiger charge is -2.15. The molecule has 1 atom stereocenters. The van der Waals surface area contributed by atoms with E-state index in [1.54, 1.807) is 0 Å². The maximum atomic E-state index is 5.61. The summed E-state index contributed by atoms with van der Waals surface area (Å²) in [7, 11) is 0. The third kappa shape index (κ3) is 5.21. The van der Waals surface area contributed by atoms with Gasteiger partial charge in [0.1, 0.15) is 5.75 Å². The van der Waals surface area contributed by atoms with Crippen molar-refractivity contribution in [2.45, 2.75) is 32.7 Å². The van der Waals surface area contributed by atoms with Gasteiger partial charge in [0, 0.05) is 19.2 Å². The molecule has 0 radical (unpaired) electrons. The van der Waals surface area contributed by atoms with E-state index in [0.717, 1.165) is 31.4 Å². The first-order valence-corrected chi connectivity index (χ1v) is 7.33. The van der Waals surface area contributed by atoms with Gasteiger partial charge < -0.3 is 14.8 Å². The Bertz CT molecular complexity index is 360. The van der Waals surface area contributed by atoms with Crippen molar-refractivity contribution in [3.05, 3.63) is 29.8 Å². The van der Waals surface area contributed by atoms with Crippen molar-refractivity contribution in [1.82, 2.24) is 5.32 Å². The number of hydrogen-bond donors (Lipinski definition) is 1. The zero-order chi connectivity index (χ0) is 13.5. The van der Waals surface area contributed by atoms with Crippen LogP contribution in [0.1, 0.15) is 38.3 Å². The second kappa shape index (κ2) is 7.51. The molecule has 1 aliphatic carbocycles. The second-order valence-electron chi connectivity index (χ2n) is 5.20. The molecule has 1 unspecified atom stereocenters. The lowest BCUT2D eigenvalue weighted by atomic mass is 10.1. The minimum Gasteiger partial charge on any atom is -0.494 e. The van der Waals surface area contributed by atoms with Gasteiger partial charge in [-0.05, 0) is 50.3 Å². The summed E-state index contributed by atoms with van der Waals surface area (Å²) >= 11 is 0. The second-order valence-corrected chi connectivity index (χ2v) is 5.20. The van der Waals surface area contributed by atoms with E-state index in [9.17, 15) is 0 Å². The molecule has 0 aromatic heterocycles. The van der Waals surface area contributed by atoms with Crippen LogP contribution in [0.15, 0.2) is 24.3 Å². The lowest BCUT2D eigenvalue weighted by Crippen LogP contribution is -2.23. The van der Waals surface area contributed by atoms with E-state index in [4.69, 9.17) is 9.47 Å². The quantitative estimate of drug-likeness (QED) is 0.694. The van der Waals surface area contributed by atoms with Crippen LogP contribution in [0.3, 0.4) is 0 Å². The third-order valence-electron chi connectivity index (χ3n) is 3.44. The Hall–Kier alpha value is -1.06. The van der Waals surface area contributed by atoms with E-state index < -0.39 is 0 Å². The van der Waals surface area contributed by atoms with Crippen molar-refractivity contribution in [2.24, 2.45) is 5.92 Å². The van der Waals surface area contributed by atoms with Crippen molar-refractivity contribution in [1.29, 1.82) is 0 Å². The SMILES string of the molecule is CCOc1ccc(C(C)NCCOCC2CC2)cc1. The number of benzene rings is 1. The van der Waals surface area contributed by atoms with Crippen molar-refractivity contribution in [3.8, 4) is 5.75 Å². The molecule has 1 fully saturated rings. The van der Waals surface area contributed by atoms with Gasteiger partial charge >= 0.3 is 0 Å². The van der Waals surface area contributed by atoms with Gasteiger partial charge in [0.2, 0.25) is 0 Å². The Labute approximate surface area is 116 Å². The van der Waals surface area contributed by atoms with Gasteiger partial charge in [-0.2, -0.15) is 0 Å². The standard InChI is InChI=1S/C16H25NO2/c1-3-19-16-8-6-15(7-9-16)13(2)17-10-11-18-12-14-4-5-14/h6-9,13-14,17H,3-5,10-12H2,1-2H3. The number of ether oxygens (including phenoxy) is 2. The number of hydrogen-bond acceptors (Lipinski definition) is 3. The smallest absolute Gasteiger partial charge is 0.119 e. The molecule has 1 aliphatic rings. The van der Waals surface area contributed by atoms with Gasteiger partial charge in [0.15, 0.2) is 0 Å². The van der Waals surface area contributed by atoms with E-state index in [1.807, 2.05) is 19.1 Å². The highest BCUT2D eigenvalue weighted by molar-refractivity contribution is 5.28. The Balaban J connectivity index is 1.64. The Morgan fingerprint density at radius 2 is 2.00 bits per heavy atom. The topological polar surface area (TPSA) is 30.5 Å². The summed E-state index contributed by atoms with van der Waals surface area (Å²) < 4.78 is 11.1. The average Bonchev–Trinajstić information content (AvgIpc) is 3.23. The maximum absolute atomic E-state index is 5.61. The molecule has 1 aromatic carbocycles. The van der Waals surface area contributed by atoms with E-state index in [1.165, 1.54) is 18.4 Å². The molecule has 2 rings (SSSR count). The molecule has 0 bridgehead atoms. The summed E-state index contributed by atoms with van der Waals surface area (Å²) in [5, 5.41) is 3.48. The lowest BCUT2D eigenvalue weighted by molar-refractivity contribution is 0.124. The van der Waals surface area contributed by atoms with Gasteiger partial charge in [-0.25, -0.2) is 0 Å². The predicted octanol–water partition coefficient (Wildman–Crippen LogP) is 3.16. The van der Waals surface area contributed by atoms with Crippen LogP contribution in [0.4, 0.5) is 0 Å². The fourth-order valence-corrected chi connectivity index (χ4v) is 2.02. The maximum Gasteiger partial charge on any atom is 0.119 e. The van der Waals surface area contributed by atoms with Crippen LogP contribution in [-0.2, 0) is 4.74 Å². The molecule has 19 heavy (non-hydrogen) atoms. The van der Waals surface area contributed by atoms with E-state index in [0.29, 0.717) is 12.6 Å². The molecule has 106 valence electrons. The number of nitrogens with one attached hydrogen (secondary N) is 1. The van der Waals surface area contributed by atoms with Crippen LogP contribution < -0.4 is 10.1 Å². The van der Waals surface area contributed by atoms with E-state index in [2.05, 4.69) is 24.4 Å². The normalized spacial score (nSPS) is 16.3. The summed E-state index contributed by atoms with van der Waals surface area (Å²) in [5.74, 6) is 1.79. The molecule has 0 saturated heterocycles. The molecule has 1 saturated carbocycles. The molecule has 3 nitrogen and oxygen atoms in total. The molecule has 0 heterocycles. The average molecular weight is 263 g/mol. The van der Waals surface area contributed by atoms with E-state index >= 15 is 0 Å². The molecule has 1 aromatic rings. The minimum atomic E-state index is 0.347. The summed E-state index contributed by atoms with van der Waals surface area (Å²) in [6.07, 6.45) is 2.71. The number of rotatable bonds is 9. The highest BCUT2D eigenvalue weighted by Crippen LogP contribution is 2.28. The first-order chi connectivity index (χ1) is 9.29.